The van der Waals surface area contributed by atoms with Crippen LogP contribution in [0, 0.1) is 5.92 Å². The van der Waals surface area contributed by atoms with Crippen LogP contribution in [0.5, 0.6) is 0 Å². The monoisotopic (exact) mass is 302 g/mol. The van der Waals surface area contributed by atoms with Crippen molar-refractivity contribution in [3.05, 3.63) is 0 Å². The van der Waals surface area contributed by atoms with Gasteiger partial charge in [-0.25, -0.2) is 8.42 Å². The molecule has 20 heavy (non-hydrogen) atoms. The van der Waals surface area contributed by atoms with Gasteiger partial charge in [-0.1, -0.05) is 0 Å². The number of likely N-dealkylation sites (N-methyl/N-ethyl adjacent to an activating group) is 2. The lowest BCUT2D eigenvalue weighted by Crippen LogP contribution is -2.47. The summed E-state index contributed by atoms with van der Waals surface area (Å²) in [4.78, 5) is 16.3. The Morgan fingerprint density at radius 2 is 1.95 bits per heavy atom. The third kappa shape index (κ3) is 3.73. The Kier molecular flexibility index (Phi) is 4.74. The molecule has 2 rings (SSSR count). The molecule has 0 N–H and O–H groups in total. The Morgan fingerprint density at radius 3 is 2.40 bits per heavy atom. The van der Waals surface area contributed by atoms with E-state index in [0.717, 1.165) is 5.92 Å². The van der Waals surface area contributed by atoms with Gasteiger partial charge in [0, 0.05) is 18.6 Å². The molecule has 6 heteroatoms. The van der Waals surface area contributed by atoms with E-state index >= 15 is 0 Å². The molecule has 2 fully saturated rings. The van der Waals surface area contributed by atoms with Crippen molar-refractivity contribution < 1.29 is 13.2 Å². The zero-order chi connectivity index (χ0) is 14.9. The zero-order valence-electron chi connectivity index (χ0n) is 12.7. The van der Waals surface area contributed by atoms with Crippen LogP contribution in [-0.2, 0) is 14.6 Å². The Hall–Kier alpha value is -0.620. The van der Waals surface area contributed by atoms with Crippen molar-refractivity contribution in [2.75, 3.05) is 31.6 Å². The Bertz CT molecular complexity index is 459. The molecule has 0 spiro atoms. The molecule has 1 heterocycles. The van der Waals surface area contributed by atoms with Gasteiger partial charge in [0.15, 0.2) is 9.84 Å². The quantitative estimate of drug-likeness (QED) is 0.726. The molecular formula is C14H26N2O3S. The molecule has 1 aliphatic carbocycles. The van der Waals surface area contributed by atoms with Crippen LogP contribution in [0.4, 0.5) is 0 Å². The molecular weight excluding hydrogens is 276 g/mol. The van der Waals surface area contributed by atoms with E-state index in [9.17, 15) is 13.2 Å². The Balaban J connectivity index is 1.91. The number of hydrogen-bond acceptors (Lipinski definition) is 4. The van der Waals surface area contributed by atoms with E-state index in [1.165, 1.54) is 12.8 Å². The fourth-order valence-corrected chi connectivity index (χ4v) is 4.78. The highest BCUT2D eigenvalue weighted by Crippen LogP contribution is 2.34. The minimum atomic E-state index is -2.94. The van der Waals surface area contributed by atoms with Crippen LogP contribution in [0.25, 0.3) is 0 Å². The Labute approximate surface area is 122 Å². The lowest BCUT2D eigenvalue weighted by molar-refractivity contribution is -0.134. The molecule has 0 aromatic rings. The van der Waals surface area contributed by atoms with Crippen molar-refractivity contribution in [2.45, 2.75) is 45.2 Å². The first-order valence-corrected chi connectivity index (χ1v) is 9.36. The average molecular weight is 302 g/mol. The zero-order valence-corrected chi connectivity index (χ0v) is 13.5. The van der Waals surface area contributed by atoms with Crippen molar-refractivity contribution in [1.82, 2.24) is 9.80 Å². The number of sulfone groups is 1. The van der Waals surface area contributed by atoms with Gasteiger partial charge in [-0.2, -0.15) is 0 Å². The highest BCUT2D eigenvalue weighted by molar-refractivity contribution is 7.91. The van der Waals surface area contributed by atoms with E-state index in [-0.39, 0.29) is 23.5 Å². The summed E-state index contributed by atoms with van der Waals surface area (Å²) in [7, 11) is -0.954. The molecule has 0 aromatic carbocycles. The molecule has 116 valence electrons. The Morgan fingerprint density at radius 1 is 1.30 bits per heavy atom. The fraction of sp³-hybridized carbons (Fsp3) is 0.929. The van der Waals surface area contributed by atoms with Gasteiger partial charge >= 0.3 is 0 Å². The van der Waals surface area contributed by atoms with Gasteiger partial charge in [-0.3, -0.25) is 9.69 Å². The van der Waals surface area contributed by atoms with Gasteiger partial charge in [0.25, 0.3) is 0 Å². The summed E-state index contributed by atoms with van der Waals surface area (Å²) in [6.45, 7) is 5.07. The molecule has 1 amide bonds. The van der Waals surface area contributed by atoms with Crippen molar-refractivity contribution in [3.63, 3.8) is 0 Å². The van der Waals surface area contributed by atoms with Crippen LogP contribution in [-0.4, -0.2) is 67.9 Å². The predicted molar refractivity (Wildman–Crippen MR) is 79.3 cm³/mol. The maximum Gasteiger partial charge on any atom is 0.237 e. The fourth-order valence-electron chi connectivity index (χ4n) is 3.05. The lowest BCUT2D eigenvalue weighted by Gasteiger charge is -2.31. The molecule has 5 nitrogen and oxygen atoms in total. The number of carbonyl (C=O) groups excluding carboxylic acids is 1. The highest BCUT2D eigenvalue weighted by atomic mass is 32.2. The van der Waals surface area contributed by atoms with E-state index in [1.54, 1.807) is 4.90 Å². The van der Waals surface area contributed by atoms with Crippen LogP contribution in [0.15, 0.2) is 0 Å². The third-order valence-corrected chi connectivity index (χ3v) is 6.44. The van der Waals surface area contributed by atoms with Crippen molar-refractivity contribution in [2.24, 2.45) is 5.92 Å². The smallest absolute Gasteiger partial charge is 0.237 e. The van der Waals surface area contributed by atoms with Crippen LogP contribution in [0.1, 0.15) is 33.1 Å². The first-order valence-electron chi connectivity index (χ1n) is 7.54. The summed E-state index contributed by atoms with van der Waals surface area (Å²) in [6, 6.07) is 0.312. The van der Waals surface area contributed by atoms with Gasteiger partial charge < -0.3 is 4.90 Å². The number of carbonyl (C=O) groups is 1. The van der Waals surface area contributed by atoms with Gasteiger partial charge in [0.05, 0.1) is 18.1 Å². The van der Waals surface area contributed by atoms with Crippen LogP contribution in [0.3, 0.4) is 0 Å². The number of hydrogen-bond donors (Lipinski definition) is 0. The molecule has 0 radical (unpaired) electrons. The maximum absolute atomic E-state index is 12.4. The first kappa shape index (κ1) is 15.8. The third-order valence-electron chi connectivity index (χ3n) is 4.69. The van der Waals surface area contributed by atoms with E-state index < -0.39 is 9.84 Å². The average Bonchev–Trinajstić information content (AvgIpc) is 3.14. The standard InChI is InChI=1S/C14H26N2O3S/c1-4-16(13-7-8-20(18,19)10-13)14(17)9-15(3)11(2)12-5-6-12/h11-13H,4-10H2,1-3H3. The molecule has 0 bridgehead atoms. The highest BCUT2D eigenvalue weighted by Gasteiger charge is 2.35. The molecule has 0 aromatic heterocycles. The maximum atomic E-state index is 12.4. The molecule has 1 saturated carbocycles. The van der Waals surface area contributed by atoms with E-state index in [0.29, 0.717) is 25.6 Å². The molecule has 1 saturated heterocycles. The van der Waals surface area contributed by atoms with Crippen molar-refractivity contribution >= 4 is 15.7 Å². The minimum absolute atomic E-state index is 0.0598. The van der Waals surface area contributed by atoms with Gasteiger partial charge in [-0.15, -0.1) is 0 Å². The van der Waals surface area contributed by atoms with Crippen LogP contribution >= 0.6 is 0 Å². The van der Waals surface area contributed by atoms with Gasteiger partial charge in [-0.05, 0) is 46.1 Å². The topological polar surface area (TPSA) is 57.7 Å². The predicted octanol–water partition coefficient (Wildman–Crippen LogP) is 0.752. The van der Waals surface area contributed by atoms with Gasteiger partial charge in [0.1, 0.15) is 0 Å². The second-order valence-electron chi connectivity index (χ2n) is 6.23. The normalized spacial score (nSPS) is 26.7. The van der Waals surface area contributed by atoms with E-state index in [1.807, 2.05) is 14.0 Å². The first-order chi connectivity index (χ1) is 9.34. The molecule has 2 aliphatic rings. The number of amides is 1. The van der Waals surface area contributed by atoms with Gasteiger partial charge in [0.2, 0.25) is 5.91 Å². The SMILES string of the molecule is CCN(C(=O)CN(C)C(C)C1CC1)C1CCS(=O)(=O)C1. The van der Waals surface area contributed by atoms with E-state index in [2.05, 4.69) is 11.8 Å². The number of nitrogens with zero attached hydrogens (tertiary/aromatic N) is 2. The van der Waals surface area contributed by atoms with Crippen LogP contribution < -0.4 is 0 Å². The van der Waals surface area contributed by atoms with Crippen molar-refractivity contribution in [1.29, 1.82) is 0 Å². The van der Waals surface area contributed by atoms with Crippen LogP contribution in [0.2, 0.25) is 0 Å². The second-order valence-corrected chi connectivity index (χ2v) is 8.46. The molecule has 2 unspecified atom stereocenters. The number of rotatable bonds is 6. The minimum Gasteiger partial charge on any atom is -0.338 e. The summed E-state index contributed by atoms with van der Waals surface area (Å²) in [6.07, 6.45) is 3.11. The summed E-state index contributed by atoms with van der Waals surface area (Å²) < 4.78 is 23.1. The van der Waals surface area contributed by atoms with E-state index in [4.69, 9.17) is 0 Å². The second kappa shape index (κ2) is 6.02. The summed E-state index contributed by atoms with van der Waals surface area (Å²) in [5.41, 5.74) is 0. The lowest BCUT2D eigenvalue weighted by atomic mass is 10.2. The molecule has 1 aliphatic heterocycles. The largest absolute Gasteiger partial charge is 0.338 e. The summed E-state index contributed by atoms with van der Waals surface area (Å²) in [5.74, 6) is 1.14. The summed E-state index contributed by atoms with van der Waals surface area (Å²) >= 11 is 0. The summed E-state index contributed by atoms with van der Waals surface area (Å²) in [5, 5.41) is 0. The molecule has 2 atom stereocenters. The van der Waals surface area contributed by atoms with Crippen molar-refractivity contribution in [3.8, 4) is 0 Å².